The molecule has 1 rings (SSSR count). The second kappa shape index (κ2) is 6.23. The number of hydrogen-bond donors (Lipinski definition) is 0. The summed E-state index contributed by atoms with van der Waals surface area (Å²) in [6, 6.07) is 10.1. The molecular formula is C13H18O2. The van der Waals surface area contributed by atoms with Crippen molar-refractivity contribution in [3.05, 3.63) is 35.9 Å². The molecule has 82 valence electrons. The molecule has 15 heavy (non-hydrogen) atoms. The minimum atomic E-state index is -0.104. The van der Waals surface area contributed by atoms with Crippen LogP contribution in [0.25, 0.3) is 0 Å². The molecule has 2 heteroatoms. The Labute approximate surface area is 91.3 Å². The van der Waals surface area contributed by atoms with Crippen molar-refractivity contribution in [3.63, 3.8) is 0 Å². The Balaban J connectivity index is 2.61. The summed E-state index contributed by atoms with van der Waals surface area (Å²) >= 11 is 0. The fourth-order valence-electron chi connectivity index (χ4n) is 1.64. The van der Waals surface area contributed by atoms with E-state index >= 15 is 0 Å². The third-order valence-electron chi connectivity index (χ3n) is 2.48. The van der Waals surface area contributed by atoms with Crippen molar-refractivity contribution in [1.29, 1.82) is 0 Å². The maximum Gasteiger partial charge on any atom is 0.306 e. The first-order valence-corrected chi connectivity index (χ1v) is 5.48. The summed E-state index contributed by atoms with van der Waals surface area (Å²) in [6.45, 7) is 4.39. The highest BCUT2D eigenvalue weighted by Gasteiger charge is 2.14. The van der Waals surface area contributed by atoms with Crippen molar-refractivity contribution in [3.8, 4) is 0 Å². The van der Waals surface area contributed by atoms with Gasteiger partial charge in [-0.25, -0.2) is 0 Å². The van der Waals surface area contributed by atoms with Crippen LogP contribution >= 0.6 is 0 Å². The molecule has 0 saturated heterocycles. The molecular weight excluding hydrogens is 188 g/mol. The second-order valence-corrected chi connectivity index (χ2v) is 3.53. The van der Waals surface area contributed by atoms with E-state index < -0.39 is 0 Å². The zero-order valence-corrected chi connectivity index (χ0v) is 9.40. The van der Waals surface area contributed by atoms with Crippen molar-refractivity contribution in [2.45, 2.75) is 32.6 Å². The molecule has 2 nitrogen and oxygen atoms in total. The first-order chi connectivity index (χ1) is 7.27. The van der Waals surface area contributed by atoms with Crippen LogP contribution in [0.3, 0.4) is 0 Å². The highest BCUT2D eigenvalue weighted by atomic mass is 16.5. The van der Waals surface area contributed by atoms with E-state index in [-0.39, 0.29) is 11.9 Å². The lowest BCUT2D eigenvalue weighted by Gasteiger charge is -2.13. The summed E-state index contributed by atoms with van der Waals surface area (Å²) in [7, 11) is 0. The molecule has 0 aliphatic carbocycles. The Hall–Kier alpha value is -1.31. The van der Waals surface area contributed by atoms with Crippen LogP contribution in [-0.2, 0) is 9.53 Å². The standard InChI is InChI=1S/C13H18O2/c1-3-11(10-13(14)15-4-2)12-8-6-5-7-9-12/h5-9,11H,3-4,10H2,1-2H3/t11-/m1/s1. The Kier molecular flexibility index (Phi) is 4.88. The Morgan fingerprint density at radius 2 is 1.93 bits per heavy atom. The van der Waals surface area contributed by atoms with Gasteiger partial charge in [0.05, 0.1) is 13.0 Å². The van der Waals surface area contributed by atoms with Gasteiger partial charge in [0, 0.05) is 0 Å². The molecule has 1 atom stereocenters. The normalized spacial score (nSPS) is 12.1. The molecule has 0 unspecified atom stereocenters. The molecule has 0 heterocycles. The molecule has 0 aliphatic rings. The van der Waals surface area contributed by atoms with Gasteiger partial charge >= 0.3 is 5.97 Å². The minimum absolute atomic E-state index is 0.104. The van der Waals surface area contributed by atoms with Crippen molar-refractivity contribution in [2.24, 2.45) is 0 Å². The highest BCUT2D eigenvalue weighted by Crippen LogP contribution is 2.23. The van der Waals surface area contributed by atoms with Gasteiger partial charge in [0.1, 0.15) is 0 Å². The average molecular weight is 206 g/mol. The first kappa shape index (κ1) is 11.8. The Bertz CT molecular complexity index is 293. The van der Waals surface area contributed by atoms with Crippen LogP contribution < -0.4 is 0 Å². The third kappa shape index (κ3) is 3.74. The summed E-state index contributed by atoms with van der Waals surface area (Å²) in [5, 5.41) is 0. The van der Waals surface area contributed by atoms with Crippen molar-refractivity contribution < 1.29 is 9.53 Å². The predicted molar refractivity (Wildman–Crippen MR) is 60.7 cm³/mol. The van der Waals surface area contributed by atoms with Crippen LogP contribution in [0, 0.1) is 0 Å². The van der Waals surface area contributed by atoms with Gasteiger partial charge in [0.25, 0.3) is 0 Å². The monoisotopic (exact) mass is 206 g/mol. The number of esters is 1. The van der Waals surface area contributed by atoms with E-state index in [0.29, 0.717) is 13.0 Å². The van der Waals surface area contributed by atoms with E-state index in [0.717, 1.165) is 6.42 Å². The van der Waals surface area contributed by atoms with Gasteiger partial charge in [0.15, 0.2) is 0 Å². The molecule has 0 spiro atoms. The maximum atomic E-state index is 11.4. The Morgan fingerprint density at radius 1 is 1.27 bits per heavy atom. The number of ether oxygens (including phenoxy) is 1. The molecule has 1 aromatic carbocycles. The van der Waals surface area contributed by atoms with Crippen LogP contribution in [0.4, 0.5) is 0 Å². The summed E-state index contributed by atoms with van der Waals surface area (Å²) in [4.78, 5) is 11.4. The summed E-state index contributed by atoms with van der Waals surface area (Å²) in [5.74, 6) is 0.179. The zero-order valence-electron chi connectivity index (χ0n) is 9.40. The molecule has 0 saturated carbocycles. The highest BCUT2D eigenvalue weighted by molar-refractivity contribution is 5.70. The largest absolute Gasteiger partial charge is 0.466 e. The summed E-state index contributed by atoms with van der Waals surface area (Å²) in [5.41, 5.74) is 1.22. The van der Waals surface area contributed by atoms with Crippen LogP contribution in [-0.4, -0.2) is 12.6 Å². The van der Waals surface area contributed by atoms with Gasteiger partial charge in [-0.05, 0) is 24.8 Å². The van der Waals surface area contributed by atoms with Crippen molar-refractivity contribution in [2.75, 3.05) is 6.61 Å². The van der Waals surface area contributed by atoms with Crippen LogP contribution in [0.1, 0.15) is 38.2 Å². The lowest BCUT2D eigenvalue weighted by molar-refractivity contribution is -0.143. The van der Waals surface area contributed by atoms with Gasteiger partial charge in [-0.2, -0.15) is 0 Å². The molecule has 0 radical (unpaired) electrons. The Morgan fingerprint density at radius 3 is 2.47 bits per heavy atom. The summed E-state index contributed by atoms with van der Waals surface area (Å²) in [6.07, 6.45) is 1.44. The van der Waals surface area contributed by atoms with Gasteiger partial charge in [0.2, 0.25) is 0 Å². The minimum Gasteiger partial charge on any atom is -0.466 e. The molecule has 0 N–H and O–H groups in total. The van der Waals surface area contributed by atoms with E-state index in [2.05, 4.69) is 19.1 Å². The average Bonchev–Trinajstić information content (AvgIpc) is 2.27. The van der Waals surface area contributed by atoms with Crippen LogP contribution in [0.2, 0.25) is 0 Å². The van der Waals surface area contributed by atoms with E-state index in [4.69, 9.17) is 4.74 Å². The topological polar surface area (TPSA) is 26.3 Å². The van der Waals surface area contributed by atoms with E-state index in [1.807, 2.05) is 25.1 Å². The molecule has 1 aromatic rings. The maximum absolute atomic E-state index is 11.4. The SMILES string of the molecule is CCOC(=O)C[C@@H](CC)c1ccccc1. The zero-order chi connectivity index (χ0) is 11.1. The van der Waals surface area contributed by atoms with E-state index in [1.165, 1.54) is 5.56 Å². The second-order valence-electron chi connectivity index (χ2n) is 3.53. The number of benzene rings is 1. The smallest absolute Gasteiger partial charge is 0.306 e. The van der Waals surface area contributed by atoms with Crippen LogP contribution in [0.15, 0.2) is 30.3 Å². The van der Waals surface area contributed by atoms with Crippen molar-refractivity contribution in [1.82, 2.24) is 0 Å². The molecule has 0 amide bonds. The number of rotatable bonds is 5. The first-order valence-electron chi connectivity index (χ1n) is 5.48. The number of carbonyl (C=O) groups is 1. The third-order valence-corrected chi connectivity index (χ3v) is 2.48. The lowest BCUT2D eigenvalue weighted by Crippen LogP contribution is -2.09. The number of hydrogen-bond acceptors (Lipinski definition) is 2. The fraction of sp³-hybridized carbons (Fsp3) is 0.462. The van der Waals surface area contributed by atoms with E-state index in [1.54, 1.807) is 0 Å². The van der Waals surface area contributed by atoms with Crippen molar-refractivity contribution >= 4 is 5.97 Å². The van der Waals surface area contributed by atoms with E-state index in [9.17, 15) is 4.79 Å². The molecule has 0 aliphatic heterocycles. The molecule has 0 aromatic heterocycles. The predicted octanol–water partition coefficient (Wildman–Crippen LogP) is 3.13. The van der Waals surface area contributed by atoms with Gasteiger partial charge in [-0.1, -0.05) is 37.3 Å². The fourth-order valence-corrected chi connectivity index (χ4v) is 1.64. The van der Waals surface area contributed by atoms with Gasteiger partial charge in [-0.15, -0.1) is 0 Å². The quantitative estimate of drug-likeness (QED) is 0.692. The van der Waals surface area contributed by atoms with Gasteiger partial charge in [-0.3, -0.25) is 4.79 Å². The lowest BCUT2D eigenvalue weighted by atomic mass is 9.93. The van der Waals surface area contributed by atoms with Crippen LogP contribution in [0.5, 0.6) is 0 Å². The number of carbonyl (C=O) groups excluding carboxylic acids is 1. The van der Waals surface area contributed by atoms with Gasteiger partial charge < -0.3 is 4.74 Å². The molecule has 0 fully saturated rings. The summed E-state index contributed by atoms with van der Waals surface area (Å²) < 4.78 is 4.96. The molecule has 0 bridgehead atoms.